The minimum atomic E-state index is 0.396. The quantitative estimate of drug-likeness (QED) is 0.528. The van der Waals surface area contributed by atoms with Gasteiger partial charge in [0, 0.05) is 31.4 Å². The van der Waals surface area contributed by atoms with E-state index in [1.54, 1.807) is 6.20 Å². The number of nitrogen functional groups attached to an aromatic ring is 1. The first-order valence-electron chi connectivity index (χ1n) is 10.2. The van der Waals surface area contributed by atoms with Crippen molar-refractivity contribution in [1.82, 2.24) is 15.1 Å². The van der Waals surface area contributed by atoms with Crippen molar-refractivity contribution in [3.8, 4) is 11.3 Å². The average Bonchev–Trinajstić information content (AvgIpc) is 3.45. The largest absolute Gasteiger partial charge is 0.383 e. The van der Waals surface area contributed by atoms with Crippen LogP contribution >= 0.6 is 0 Å². The maximum absolute atomic E-state index is 5.93. The van der Waals surface area contributed by atoms with Crippen LogP contribution in [0.25, 0.3) is 11.3 Å². The predicted molar refractivity (Wildman–Crippen MR) is 117 cm³/mol. The number of anilines is 2. The molecular formula is C24H23N5O. The summed E-state index contributed by atoms with van der Waals surface area (Å²) in [6.45, 7) is 1.03. The van der Waals surface area contributed by atoms with E-state index in [4.69, 9.17) is 15.2 Å². The minimum Gasteiger partial charge on any atom is -0.383 e. The third-order valence-corrected chi connectivity index (χ3v) is 5.59. The number of hydrogen-bond acceptors (Lipinski definition) is 6. The highest BCUT2D eigenvalue weighted by atomic mass is 16.5. The van der Waals surface area contributed by atoms with Gasteiger partial charge in [-0.15, -0.1) is 0 Å². The molecule has 1 aliphatic heterocycles. The Labute approximate surface area is 175 Å². The van der Waals surface area contributed by atoms with Crippen LogP contribution in [0.2, 0.25) is 0 Å². The van der Waals surface area contributed by atoms with E-state index in [0.717, 1.165) is 35.6 Å². The lowest BCUT2D eigenvalue weighted by molar-refractivity contribution is 0.425. The number of nitrogens with zero attached hydrogens (tertiary/aromatic N) is 4. The molecule has 1 aliphatic rings. The summed E-state index contributed by atoms with van der Waals surface area (Å²) >= 11 is 0. The molecule has 3 aromatic heterocycles. The van der Waals surface area contributed by atoms with Crippen LogP contribution in [0.5, 0.6) is 0 Å². The Balaban J connectivity index is 1.31. The smallest absolute Gasteiger partial charge is 0.170 e. The van der Waals surface area contributed by atoms with Crippen molar-refractivity contribution in [2.75, 3.05) is 17.2 Å². The SMILES string of the molecule is Nc1ncccc1-c1cc(Cc2ccc(N3CCCC3c3ccccc3)nc2)no1. The van der Waals surface area contributed by atoms with Gasteiger partial charge in [0.05, 0.1) is 17.3 Å². The number of hydrogen-bond donors (Lipinski definition) is 1. The first-order valence-corrected chi connectivity index (χ1v) is 10.2. The Hall–Kier alpha value is -3.67. The topological polar surface area (TPSA) is 81.1 Å². The van der Waals surface area contributed by atoms with Crippen molar-refractivity contribution in [2.24, 2.45) is 0 Å². The summed E-state index contributed by atoms with van der Waals surface area (Å²) in [7, 11) is 0. The molecule has 0 aliphatic carbocycles. The van der Waals surface area contributed by atoms with E-state index in [1.807, 2.05) is 24.4 Å². The van der Waals surface area contributed by atoms with Crippen LogP contribution in [0.4, 0.5) is 11.6 Å². The molecule has 1 fully saturated rings. The van der Waals surface area contributed by atoms with E-state index in [9.17, 15) is 0 Å². The lowest BCUT2D eigenvalue weighted by Gasteiger charge is -2.26. The molecule has 0 radical (unpaired) electrons. The summed E-state index contributed by atoms with van der Waals surface area (Å²) in [5.41, 5.74) is 9.97. The molecule has 0 bridgehead atoms. The molecule has 6 nitrogen and oxygen atoms in total. The van der Waals surface area contributed by atoms with E-state index in [-0.39, 0.29) is 0 Å². The summed E-state index contributed by atoms with van der Waals surface area (Å²) in [5, 5.41) is 4.18. The third kappa shape index (κ3) is 3.64. The van der Waals surface area contributed by atoms with Crippen LogP contribution in [0.1, 0.15) is 35.7 Å². The monoisotopic (exact) mass is 397 g/mol. The van der Waals surface area contributed by atoms with Gasteiger partial charge in [-0.2, -0.15) is 0 Å². The molecule has 1 saturated heterocycles. The van der Waals surface area contributed by atoms with Crippen molar-refractivity contribution in [2.45, 2.75) is 25.3 Å². The molecule has 0 saturated carbocycles. The highest BCUT2D eigenvalue weighted by molar-refractivity contribution is 5.69. The lowest BCUT2D eigenvalue weighted by Crippen LogP contribution is -2.23. The van der Waals surface area contributed by atoms with Gasteiger partial charge < -0.3 is 15.2 Å². The van der Waals surface area contributed by atoms with Crippen molar-refractivity contribution in [1.29, 1.82) is 0 Å². The zero-order valence-electron chi connectivity index (χ0n) is 16.6. The first-order chi connectivity index (χ1) is 14.8. The van der Waals surface area contributed by atoms with Gasteiger partial charge in [-0.3, -0.25) is 0 Å². The molecule has 0 spiro atoms. The Bertz CT molecular complexity index is 1120. The van der Waals surface area contributed by atoms with Gasteiger partial charge in [-0.1, -0.05) is 41.6 Å². The normalized spacial score (nSPS) is 16.1. The van der Waals surface area contributed by atoms with Crippen molar-refractivity contribution in [3.63, 3.8) is 0 Å². The summed E-state index contributed by atoms with van der Waals surface area (Å²) in [4.78, 5) is 11.2. The molecule has 5 rings (SSSR count). The maximum Gasteiger partial charge on any atom is 0.170 e. The third-order valence-electron chi connectivity index (χ3n) is 5.59. The molecule has 1 atom stereocenters. The molecule has 30 heavy (non-hydrogen) atoms. The molecule has 4 aromatic rings. The van der Waals surface area contributed by atoms with Gasteiger partial charge in [0.25, 0.3) is 0 Å². The van der Waals surface area contributed by atoms with Crippen LogP contribution in [0.15, 0.2) is 77.6 Å². The van der Waals surface area contributed by atoms with Gasteiger partial charge in [0.2, 0.25) is 0 Å². The summed E-state index contributed by atoms with van der Waals surface area (Å²) in [6.07, 6.45) is 6.59. The molecule has 4 heterocycles. The Morgan fingerprint density at radius 2 is 1.93 bits per heavy atom. The van der Waals surface area contributed by atoms with Crippen molar-refractivity contribution in [3.05, 3.63) is 89.9 Å². The molecular weight excluding hydrogens is 374 g/mol. The van der Waals surface area contributed by atoms with Crippen LogP contribution in [-0.4, -0.2) is 21.7 Å². The average molecular weight is 397 g/mol. The minimum absolute atomic E-state index is 0.396. The first kappa shape index (κ1) is 18.4. The van der Waals surface area contributed by atoms with E-state index in [0.29, 0.717) is 24.0 Å². The van der Waals surface area contributed by atoms with Crippen molar-refractivity contribution >= 4 is 11.6 Å². The number of pyridine rings is 2. The zero-order chi connectivity index (χ0) is 20.3. The fraction of sp³-hybridized carbons (Fsp3) is 0.208. The fourth-order valence-electron chi connectivity index (χ4n) is 4.11. The highest BCUT2D eigenvalue weighted by Gasteiger charge is 2.26. The van der Waals surface area contributed by atoms with Crippen molar-refractivity contribution < 1.29 is 4.52 Å². The van der Waals surface area contributed by atoms with Gasteiger partial charge in [-0.25, -0.2) is 9.97 Å². The van der Waals surface area contributed by atoms with Crippen LogP contribution in [-0.2, 0) is 6.42 Å². The summed E-state index contributed by atoms with van der Waals surface area (Å²) in [5.74, 6) is 2.09. The standard InChI is InChI=1S/C24H23N5O/c25-24-20(8-4-12-26-24)22-15-19(28-30-22)14-17-10-11-23(27-16-17)29-13-5-9-21(29)18-6-2-1-3-7-18/h1-4,6-8,10-12,15-16,21H,5,9,13-14H2,(H2,25,26). The van der Waals surface area contributed by atoms with Crippen LogP contribution < -0.4 is 10.6 Å². The van der Waals surface area contributed by atoms with Crippen LogP contribution in [0, 0.1) is 0 Å². The van der Waals surface area contributed by atoms with E-state index >= 15 is 0 Å². The predicted octanol–water partition coefficient (Wildman–Crippen LogP) is 4.65. The van der Waals surface area contributed by atoms with Gasteiger partial charge in [0.15, 0.2) is 5.76 Å². The Morgan fingerprint density at radius 1 is 1.03 bits per heavy atom. The van der Waals surface area contributed by atoms with Gasteiger partial charge in [0.1, 0.15) is 11.6 Å². The Morgan fingerprint density at radius 3 is 2.73 bits per heavy atom. The van der Waals surface area contributed by atoms with E-state index in [2.05, 4.69) is 57.5 Å². The number of nitrogens with two attached hydrogens (primary N) is 1. The van der Waals surface area contributed by atoms with Crippen LogP contribution in [0.3, 0.4) is 0 Å². The molecule has 6 heteroatoms. The maximum atomic E-state index is 5.93. The van der Waals surface area contributed by atoms with Gasteiger partial charge in [-0.05, 0) is 42.2 Å². The molecule has 1 aromatic carbocycles. The fourth-order valence-corrected chi connectivity index (χ4v) is 4.11. The lowest BCUT2D eigenvalue weighted by atomic mass is 10.0. The second kappa shape index (κ2) is 7.99. The molecule has 150 valence electrons. The summed E-state index contributed by atoms with van der Waals surface area (Å²) < 4.78 is 5.47. The summed E-state index contributed by atoms with van der Waals surface area (Å²) in [6, 6.07) is 20.9. The highest BCUT2D eigenvalue weighted by Crippen LogP contribution is 2.35. The number of aromatic nitrogens is 3. The number of benzene rings is 1. The zero-order valence-corrected chi connectivity index (χ0v) is 16.6. The Kier molecular flexibility index (Phi) is 4.89. The molecule has 2 N–H and O–H groups in total. The number of rotatable bonds is 5. The molecule has 1 unspecified atom stereocenters. The van der Waals surface area contributed by atoms with E-state index < -0.39 is 0 Å². The second-order valence-corrected chi connectivity index (χ2v) is 7.58. The second-order valence-electron chi connectivity index (χ2n) is 7.58. The van der Waals surface area contributed by atoms with Gasteiger partial charge >= 0.3 is 0 Å². The van der Waals surface area contributed by atoms with E-state index in [1.165, 1.54) is 12.0 Å². The molecule has 0 amide bonds.